The molecular weight excluding hydrogens is 285 g/mol. The van der Waals surface area contributed by atoms with Crippen molar-refractivity contribution < 1.29 is 23.7 Å². The van der Waals surface area contributed by atoms with Crippen molar-refractivity contribution in [2.75, 3.05) is 12.3 Å². The minimum Gasteiger partial charge on any atom is -0.394 e. The molecule has 0 amide bonds. The van der Waals surface area contributed by atoms with Crippen molar-refractivity contribution in [3.63, 3.8) is 0 Å². The van der Waals surface area contributed by atoms with Crippen LogP contribution in [0.5, 0.6) is 0 Å². The fourth-order valence-electron chi connectivity index (χ4n) is 2.67. The Bertz CT molecular complexity index is 619. The molecule has 0 aliphatic carbocycles. The maximum Gasteiger partial charge on any atom is 0.351 e. The molecule has 0 bridgehead atoms. The lowest BCUT2D eigenvalue weighted by Gasteiger charge is -2.24. The average molecular weight is 301 g/mol. The van der Waals surface area contributed by atoms with Crippen LogP contribution < -0.4 is 11.4 Å². The highest BCUT2D eigenvalue weighted by atomic mass is 19.1. The molecule has 3 heterocycles. The fourth-order valence-corrected chi connectivity index (χ4v) is 2.67. The number of ether oxygens (including phenoxy) is 3. The number of nitrogen functional groups attached to an aromatic ring is 1. The minimum absolute atomic E-state index is 0.309. The molecule has 0 unspecified atom stereocenters. The van der Waals surface area contributed by atoms with Crippen molar-refractivity contribution in [1.29, 1.82) is 0 Å². The van der Waals surface area contributed by atoms with Gasteiger partial charge in [0.2, 0.25) is 0 Å². The third-order valence-corrected chi connectivity index (χ3v) is 3.51. The first kappa shape index (κ1) is 14.4. The van der Waals surface area contributed by atoms with Crippen molar-refractivity contribution >= 4 is 5.82 Å². The lowest BCUT2D eigenvalue weighted by molar-refractivity contribution is -0.200. The number of aromatic nitrogens is 2. The van der Waals surface area contributed by atoms with Crippen LogP contribution in [0, 0.1) is 5.82 Å². The summed E-state index contributed by atoms with van der Waals surface area (Å²) in [5, 5.41) is 9.36. The maximum absolute atomic E-state index is 13.6. The number of aliphatic hydroxyl groups excluding tert-OH is 1. The third-order valence-electron chi connectivity index (χ3n) is 3.51. The van der Waals surface area contributed by atoms with Crippen LogP contribution in [0.3, 0.4) is 0 Å². The summed E-state index contributed by atoms with van der Waals surface area (Å²) in [4.78, 5) is 15.3. The number of rotatable bonds is 2. The van der Waals surface area contributed by atoms with Crippen LogP contribution in [0.2, 0.25) is 0 Å². The summed E-state index contributed by atoms with van der Waals surface area (Å²) in [6.45, 7) is 3.11. The van der Waals surface area contributed by atoms with E-state index in [4.69, 9.17) is 19.9 Å². The lowest BCUT2D eigenvalue weighted by atomic mass is 10.1. The predicted molar refractivity (Wildman–Crippen MR) is 67.7 cm³/mol. The summed E-state index contributed by atoms with van der Waals surface area (Å²) in [5.41, 5.74) is 4.50. The van der Waals surface area contributed by atoms with Gasteiger partial charge in [-0.3, -0.25) is 4.57 Å². The SMILES string of the molecule is CC1(C)O[C@@H]2[C@H](O1)[C@@H](n1cc(F)c(N)nc1=O)O[C@@H]2CO. The van der Waals surface area contributed by atoms with E-state index in [-0.39, 0.29) is 6.61 Å². The number of hydrogen-bond acceptors (Lipinski definition) is 7. The Labute approximate surface area is 119 Å². The Balaban J connectivity index is 1.99. The van der Waals surface area contributed by atoms with E-state index in [2.05, 4.69) is 4.98 Å². The quantitative estimate of drug-likeness (QED) is 0.749. The van der Waals surface area contributed by atoms with Gasteiger partial charge in [-0.25, -0.2) is 9.18 Å². The van der Waals surface area contributed by atoms with Crippen molar-refractivity contribution in [3.05, 3.63) is 22.5 Å². The first-order valence-corrected chi connectivity index (χ1v) is 6.48. The first-order chi connectivity index (χ1) is 9.82. The maximum atomic E-state index is 13.6. The average Bonchev–Trinajstić information content (AvgIpc) is 2.87. The Kier molecular flexibility index (Phi) is 3.24. The Morgan fingerprint density at radius 3 is 2.81 bits per heavy atom. The molecule has 9 heteroatoms. The predicted octanol–water partition coefficient (Wildman–Crippen LogP) is -0.626. The molecule has 8 nitrogen and oxygen atoms in total. The summed E-state index contributed by atoms with van der Waals surface area (Å²) < 4.78 is 31.4. The molecule has 0 saturated carbocycles. The number of hydrogen-bond donors (Lipinski definition) is 2. The van der Waals surface area contributed by atoms with Crippen molar-refractivity contribution in [3.8, 4) is 0 Å². The van der Waals surface area contributed by atoms with E-state index in [1.807, 2.05) is 0 Å². The zero-order chi connectivity index (χ0) is 15.4. The van der Waals surface area contributed by atoms with Crippen LogP contribution in [0.15, 0.2) is 11.0 Å². The molecule has 3 N–H and O–H groups in total. The lowest BCUT2D eigenvalue weighted by Crippen LogP contribution is -2.35. The molecule has 2 saturated heterocycles. The smallest absolute Gasteiger partial charge is 0.351 e. The van der Waals surface area contributed by atoms with Gasteiger partial charge in [0.05, 0.1) is 12.8 Å². The summed E-state index contributed by atoms with van der Waals surface area (Å²) >= 11 is 0. The second-order valence-corrected chi connectivity index (χ2v) is 5.48. The highest BCUT2D eigenvalue weighted by Gasteiger charge is 2.55. The zero-order valence-electron chi connectivity index (χ0n) is 11.5. The van der Waals surface area contributed by atoms with Gasteiger partial charge in [0, 0.05) is 0 Å². The Hall–Kier alpha value is -1.55. The van der Waals surface area contributed by atoms with Crippen LogP contribution in [0.4, 0.5) is 10.2 Å². The van der Waals surface area contributed by atoms with Gasteiger partial charge in [-0.15, -0.1) is 0 Å². The number of anilines is 1. The minimum atomic E-state index is -0.941. The molecule has 0 radical (unpaired) electrons. The van der Waals surface area contributed by atoms with Crippen LogP contribution >= 0.6 is 0 Å². The molecule has 2 fully saturated rings. The van der Waals surface area contributed by atoms with Gasteiger partial charge in [-0.1, -0.05) is 0 Å². The number of nitrogens with zero attached hydrogens (tertiary/aromatic N) is 2. The van der Waals surface area contributed by atoms with E-state index in [0.717, 1.165) is 10.8 Å². The van der Waals surface area contributed by atoms with Crippen LogP contribution in [0.1, 0.15) is 20.1 Å². The van der Waals surface area contributed by atoms with Crippen LogP contribution in [-0.4, -0.2) is 45.4 Å². The first-order valence-electron chi connectivity index (χ1n) is 6.48. The molecule has 3 rings (SSSR count). The van der Waals surface area contributed by atoms with Gasteiger partial charge in [0.25, 0.3) is 0 Å². The van der Waals surface area contributed by atoms with E-state index in [9.17, 15) is 14.3 Å². The molecule has 116 valence electrons. The van der Waals surface area contributed by atoms with Gasteiger partial charge < -0.3 is 25.1 Å². The van der Waals surface area contributed by atoms with Crippen molar-refractivity contribution in [1.82, 2.24) is 9.55 Å². The molecule has 1 aromatic heterocycles. The normalized spacial score (nSPS) is 34.1. The molecule has 2 aliphatic heterocycles. The summed E-state index contributed by atoms with van der Waals surface area (Å²) in [6, 6.07) is 0. The van der Waals surface area contributed by atoms with E-state index in [1.165, 1.54) is 0 Å². The van der Waals surface area contributed by atoms with Gasteiger partial charge in [0.1, 0.15) is 18.3 Å². The second kappa shape index (κ2) is 4.73. The molecule has 1 aromatic rings. The fraction of sp³-hybridized carbons (Fsp3) is 0.667. The largest absolute Gasteiger partial charge is 0.394 e. The van der Waals surface area contributed by atoms with E-state index in [0.29, 0.717) is 0 Å². The van der Waals surface area contributed by atoms with Gasteiger partial charge >= 0.3 is 5.69 Å². The highest BCUT2D eigenvalue weighted by Crippen LogP contribution is 2.42. The highest BCUT2D eigenvalue weighted by molar-refractivity contribution is 5.26. The third kappa shape index (κ3) is 2.31. The number of nitrogens with two attached hydrogens (primary N) is 1. The number of fused-ring (bicyclic) bond motifs is 1. The van der Waals surface area contributed by atoms with Gasteiger partial charge in [-0.05, 0) is 13.8 Å². The van der Waals surface area contributed by atoms with Crippen molar-refractivity contribution in [2.24, 2.45) is 0 Å². The summed E-state index contributed by atoms with van der Waals surface area (Å²) in [5.74, 6) is -2.19. The van der Waals surface area contributed by atoms with E-state index in [1.54, 1.807) is 13.8 Å². The molecular formula is C12H16FN3O5. The Morgan fingerprint density at radius 1 is 1.48 bits per heavy atom. The van der Waals surface area contributed by atoms with Crippen LogP contribution in [0.25, 0.3) is 0 Å². The number of aliphatic hydroxyl groups is 1. The van der Waals surface area contributed by atoms with E-state index < -0.39 is 47.7 Å². The molecule has 4 atom stereocenters. The van der Waals surface area contributed by atoms with Crippen LogP contribution in [-0.2, 0) is 14.2 Å². The second-order valence-electron chi connectivity index (χ2n) is 5.48. The van der Waals surface area contributed by atoms with E-state index >= 15 is 0 Å². The Morgan fingerprint density at radius 2 is 2.14 bits per heavy atom. The summed E-state index contributed by atoms with van der Waals surface area (Å²) in [6.07, 6.45) is -1.90. The van der Waals surface area contributed by atoms with Gasteiger partial charge in [-0.2, -0.15) is 4.98 Å². The molecule has 0 aromatic carbocycles. The zero-order valence-corrected chi connectivity index (χ0v) is 11.5. The standard InChI is InChI=1S/C12H16FN3O5/c1-12(2)20-7-6(4-17)19-10(8(7)21-12)16-3-5(13)9(14)15-11(16)18/h3,6-8,10,17H,4H2,1-2H3,(H2,14,15,18)/t6-,7+,8+,10+/m1/s1. The monoisotopic (exact) mass is 301 g/mol. The molecule has 0 spiro atoms. The topological polar surface area (TPSA) is 109 Å². The molecule has 21 heavy (non-hydrogen) atoms. The van der Waals surface area contributed by atoms with Gasteiger partial charge in [0.15, 0.2) is 23.7 Å². The summed E-state index contributed by atoms with van der Waals surface area (Å²) in [7, 11) is 0. The molecule has 2 aliphatic rings. The van der Waals surface area contributed by atoms with Crippen molar-refractivity contribution in [2.45, 2.75) is 44.2 Å². The number of halogens is 1.